The van der Waals surface area contributed by atoms with E-state index in [1.165, 1.54) is 0 Å². The normalized spacial score (nSPS) is 11.1. The van der Waals surface area contributed by atoms with Crippen molar-refractivity contribution in [2.75, 3.05) is 0 Å². The maximum absolute atomic E-state index is 9.50. The van der Waals surface area contributed by atoms with Crippen molar-refractivity contribution in [2.24, 2.45) is 0 Å². The van der Waals surface area contributed by atoms with E-state index in [1.807, 2.05) is 0 Å². The summed E-state index contributed by atoms with van der Waals surface area (Å²) in [6, 6.07) is 0. The number of hydrogen-bond acceptors (Lipinski definition) is 4. The average molecular weight is 227 g/mol. The summed E-state index contributed by atoms with van der Waals surface area (Å²) < 4.78 is 1.73. The van der Waals surface area contributed by atoms with Crippen molar-refractivity contribution < 1.29 is 5.11 Å². The molecule has 5 nitrogen and oxygen atoms in total. The molecule has 0 amide bonds. The maximum atomic E-state index is 9.50. The van der Waals surface area contributed by atoms with Gasteiger partial charge in [-0.2, -0.15) is 15.1 Å². The molecule has 0 radical (unpaired) electrons. The molecular weight excluding hydrogens is 216 g/mol. The van der Waals surface area contributed by atoms with E-state index in [-0.39, 0.29) is 11.2 Å². The highest BCUT2D eigenvalue weighted by Crippen LogP contribution is 2.22. The Balaban J connectivity index is 2.49. The van der Waals surface area contributed by atoms with Crippen LogP contribution in [-0.4, -0.2) is 24.9 Å². The minimum atomic E-state index is -0.118. The predicted molar refractivity (Wildman–Crippen MR) is 56.9 cm³/mol. The van der Waals surface area contributed by atoms with E-state index in [9.17, 15) is 5.11 Å². The number of unbranched alkanes of at least 4 members (excludes halogenated alkanes) is 1. The number of aryl methyl sites for hydroxylation is 1. The van der Waals surface area contributed by atoms with Crippen molar-refractivity contribution in [3.63, 3.8) is 0 Å². The van der Waals surface area contributed by atoms with Crippen molar-refractivity contribution in [2.45, 2.75) is 26.3 Å². The third-order valence-electron chi connectivity index (χ3n) is 2.17. The van der Waals surface area contributed by atoms with E-state index in [1.54, 1.807) is 10.9 Å². The molecule has 0 saturated heterocycles. The van der Waals surface area contributed by atoms with Gasteiger partial charge in [-0.3, -0.25) is 0 Å². The zero-order chi connectivity index (χ0) is 10.8. The summed E-state index contributed by atoms with van der Waals surface area (Å²) in [6.07, 6.45) is 3.64. The van der Waals surface area contributed by atoms with Crippen LogP contribution in [0.25, 0.3) is 11.0 Å². The summed E-state index contributed by atoms with van der Waals surface area (Å²) in [4.78, 5) is 7.70. The van der Waals surface area contributed by atoms with E-state index in [4.69, 9.17) is 11.6 Å². The third kappa shape index (κ3) is 1.87. The number of fused-ring (bicyclic) bond motifs is 1. The van der Waals surface area contributed by atoms with Gasteiger partial charge >= 0.3 is 0 Å². The van der Waals surface area contributed by atoms with E-state index in [2.05, 4.69) is 22.0 Å². The van der Waals surface area contributed by atoms with Gasteiger partial charge in [0.1, 0.15) is 5.39 Å². The van der Waals surface area contributed by atoms with Gasteiger partial charge in [-0.15, -0.1) is 0 Å². The molecule has 0 aliphatic rings. The topological polar surface area (TPSA) is 63.8 Å². The lowest BCUT2D eigenvalue weighted by molar-refractivity contribution is 0.459. The summed E-state index contributed by atoms with van der Waals surface area (Å²) in [7, 11) is 0. The highest BCUT2D eigenvalue weighted by molar-refractivity contribution is 6.28. The van der Waals surface area contributed by atoms with Crippen molar-refractivity contribution >= 4 is 22.6 Å². The fraction of sp³-hybridized carbons (Fsp3) is 0.444. The van der Waals surface area contributed by atoms with Crippen LogP contribution in [0.15, 0.2) is 6.20 Å². The molecule has 0 aliphatic carbocycles. The number of hydrogen-bond donors (Lipinski definition) is 1. The zero-order valence-electron chi connectivity index (χ0n) is 8.31. The second kappa shape index (κ2) is 4.02. The van der Waals surface area contributed by atoms with Gasteiger partial charge in [0.2, 0.25) is 11.2 Å². The number of halogens is 1. The van der Waals surface area contributed by atoms with Gasteiger partial charge in [0.25, 0.3) is 0 Å². The molecular formula is C9H11ClN4O. The molecule has 0 bridgehead atoms. The fourth-order valence-electron chi connectivity index (χ4n) is 1.39. The van der Waals surface area contributed by atoms with Crippen LogP contribution < -0.4 is 0 Å². The molecule has 1 N–H and O–H groups in total. The quantitative estimate of drug-likeness (QED) is 0.813. The number of aromatic hydroxyl groups is 1. The lowest BCUT2D eigenvalue weighted by Crippen LogP contribution is -2.01. The van der Waals surface area contributed by atoms with E-state index < -0.39 is 0 Å². The first kappa shape index (κ1) is 10.2. The number of aromatic nitrogens is 4. The highest BCUT2D eigenvalue weighted by Gasteiger charge is 2.10. The molecule has 0 aromatic carbocycles. The Hall–Kier alpha value is -1.36. The Bertz CT molecular complexity index is 482. The van der Waals surface area contributed by atoms with E-state index in [0.29, 0.717) is 11.0 Å². The fourth-order valence-corrected chi connectivity index (χ4v) is 1.55. The second-order valence-corrected chi connectivity index (χ2v) is 3.61. The van der Waals surface area contributed by atoms with Crippen LogP contribution in [-0.2, 0) is 6.54 Å². The smallest absolute Gasteiger partial charge is 0.227 e. The van der Waals surface area contributed by atoms with Gasteiger partial charge in [0, 0.05) is 6.54 Å². The molecule has 2 heterocycles. The average Bonchev–Trinajstić information content (AvgIpc) is 2.58. The first-order valence-corrected chi connectivity index (χ1v) is 5.18. The van der Waals surface area contributed by atoms with E-state index >= 15 is 0 Å². The molecule has 2 aromatic rings. The standard InChI is InChI=1S/C9H11ClN4O/c1-2-3-4-14-7-6(5-11-14)8(15)13-9(10)12-7/h5H,2-4H2,1H3,(H,12,13,15). The Kier molecular flexibility index (Phi) is 2.73. The van der Waals surface area contributed by atoms with Gasteiger partial charge in [-0.05, 0) is 18.0 Å². The summed E-state index contributed by atoms with van der Waals surface area (Å²) in [6.45, 7) is 2.87. The monoisotopic (exact) mass is 226 g/mol. The van der Waals surface area contributed by atoms with Crippen LogP contribution in [0.4, 0.5) is 0 Å². The Morgan fingerprint density at radius 1 is 1.47 bits per heavy atom. The van der Waals surface area contributed by atoms with Crippen LogP contribution in [0.2, 0.25) is 5.28 Å². The van der Waals surface area contributed by atoms with Gasteiger partial charge in [0.05, 0.1) is 6.20 Å². The third-order valence-corrected chi connectivity index (χ3v) is 2.34. The minimum absolute atomic E-state index is 0.0400. The largest absolute Gasteiger partial charge is 0.493 e. The molecule has 0 aliphatic heterocycles. The molecule has 15 heavy (non-hydrogen) atoms. The summed E-state index contributed by atoms with van der Waals surface area (Å²) in [5.41, 5.74) is 0.584. The first-order valence-electron chi connectivity index (χ1n) is 4.80. The summed E-state index contributed by atoms with van der Waals surface area (Å²) in [5, 5.41) is 14.2. The van der Waals surface area contributed by atoms with E-state index in [0.717, 1.165) is 19.4 Å². The zero-order valence-corrected chi connectivity index (χ0v) is 9.07. The predicted octanol–water partition coefficient (Wildman–Crippen LogP) is 1.99. The second-order valence-electron chi connectivity index (χ2n) is 3.27. The Morgan fingerprint density at radius 3 is 3.00 bits per heavy atom. The molecule has 2 aromatic heterocycles. The molecule has 0 saturated carbocycles. The van der Waals surface area contributed by atoms with Gasteiger partial charge < -0.3 is 5.11 Å². The van der Waals surface area contributed by atoms with Crippen molar-refractivity contribution in [1.29, 1.82) is 0 Å². The molecule has 0 fully saturated rings. The van der Waals surface area contributed by atoms with Gasteiger partial charge in [-0.25, -0.2) is 4.68 Å². The first-order chi connectivity index (χ1) is 7.22. The van der Waals surface area contributed by atoms with Crippen LogP contribution in [0.1, 0.15) is 19.8 Å². The van der Waals surface area contributed by atoms with Crippen molar-refractivity contribution in [3.05, 3.63) is 11.5 Å². The van der Waals surface area contributed by atoms with Crippen LogP contribution in [0, 0.1) is 0 Å². The summed E-state index contributed by atoms with van der Waals surface area (Å²) in [5.74, 6) is -0.118. The number of rotatable bonds is 3. The molecule has 0 unspecified atom stereocenters. The van der Waals surface area contributed by atoms with Crippen LogP contribution in [0.3, 0.4) is 0 Å². The van der Waals surface area contributed by atoms with Crippen molar-refractivity contribution in [3.8, 4) is 5.88 Å². The molecule has 80 valence electrons. The summed E-state index contributed by atoms with van der Waals surface area (Å²) >= 11 is 5.66. The Labute approximate surface area is 91.7 Å². The molecule has 0 atom stereocenters. The lowest BCUT2D eigenvalue weighted by atomic mass is 10.3. The number of nitrogens with zero attached hydrogens (tertiary/aromatic N) is 4. The molecule has 6 heteroatoms. The maximum Gasteiger partial charge on any atom is 0.227 e. The highest BCUT2D eigenvalue weighted by atomic mass is 35.5. The van der Waals surface area contributed by atoms with Crippen molar-refractivity contribution in [1.82, 2.24) is 19.7 Å². The minimum Gasteiger partial charge on any atom is -0.493 e. The SMILES string of the molecule is CCCCn1ncc2c(O)nc(Cl)nc21. The lowest BCUT2D eigenvalue weighted by Gasteiger charge is -2.01. The van der Waals surface area contributed by atoms with Crippen LogP contribution >= 0.6 is 11.6 Å². The van der Waals surface area contributed by atoms with Gasteiger partial charge in [0.15, 0.2) is 5.65 Å². The molecule has 0 spiro atoms. The Morgan fingerprint density at radius 2 is 2.27 bits per heavy atom. The molecule has 2 rings (SSSR count). The van der Waals surface area contributed by atoms with Crippen LogP contribution in [0.5, 0.6) is 5.88 Å². The van der Waals surface area contributed by atoms with Gasteiger partial charge in [-0.1, -0.05) is 13.3 Å².